The molecule has 29 heavy (non-hydrogen) atoms. The van der Waals surface area contributed by atoms with Crippen molar-refractivity contribution in [3.8, 4) is 0 Å². The summed E-state index contributed by atoms with van der Waals surface area (Å²) in [4.78, 5) is 0. The first-order chi connectivity index (χ1) is 14.4. The molecule has 0 unspecified atom stereocenters. The Balaban J connectivity index is 1.54. The largest absolute Gasteiger partial charge is 0.0845 e. The molecule has 0 spiro atoms. The highest BCUT2D eigenvalue weighted by Gasteiger charge is 2.32. The van der Waals surface area contributed by atoms with Crippen LogP contribution in [0.2, 0.25) is 0 Å². The Kier molecular flexibility index (Phi) is 3.09. The molecular weight excluding hydrogens is 348 g/mol. The molecule has 0 aliphatic heterocycles. The summed E-state index contributed by atoms with van der Waals surface area (Å²) < 4.78 is 0. The third-order valence-electron chi connectivity index (χ3n) is 7.43. The summed E-state index contributed by atoms with van der Waals surface area (Å²) in [5.74, 6) is 0. The molecule has 0 atom stereocenters. The van der Waals surface area contributed by atoms with Crippen molar-refractivity contribution in [3.05, 3.63) is 88.0 Å². The second-order valence-electron chi connectivity index (χ2n) is 9.04. The molecule has 0 saturated heterocycles. The Morgan fingerprint density at radius 3 is 1.72 bits per heavy atom. The summed E-state index contributed by atoms with van der Waals surface area (Å²) in [7, 11) is 0. The molecule has 140 valence electrons. The molecule has 0 nitrogen and oxygen atoms in total. The lowest BCUT2D eigenvalue weighted by Gasteiger charge is -2.08. The van der Waals surface area contributed by atoms with E-state index in [2.05, 4.69) is 61.5 Å². The minimum absolute atomic E-state index is 1.10. The Morgan fingerprint density at radius 2 is 1.17 bits per heavy atom. The van der Waals surface area contributed by atoms with Gasteiger partial charge in [-0.2, -0.15) is 0 Å². The number of allylic oxidation sites excluding steroid dienone is 3. The molecule has 0 bridgehead atoms. The third kappa shape index (κ3) is 1.90. The quantitative estimate of drug-likeness (QED) is 0.213. The van der Waals surface area contributed by atoms with E-state index in [0.29, 0.717) is 0 Å². The fraction of sp³-hybridized carbons (Fsp3) is 0.241. The van der Waals surface area contributed by atoms with Crippen molar-refractivity contribution >= 4 is 37.9 Å². The summed E-state index contributed by atoms with van der Waals surface area (Å²) in [6.45, 7) is 2.27. The Labute approximate surface area is 171 Å². The van der Waals surface area contributed by atoms with E-state index in [1.807, 2.05) is 0 Å². The van der Waals surface area contributed by atoms with Crippen LogP contribution in [0.15, 0.2) is 54.6 Å². The van der Waals surface area contributed by atoms with Gasteiger partial charge in [-0.1, -0.05) is 74.4 Å². The number of unbranched alkanes of at least 4 members (excludes halogenated alkanes) is 3. The van der Waals surface area contributed by atoms with Gasteiger partial charge in [0, 0.05) is 0 Å². The lowest BCUT2D eigenvalue weighted by atomic mass is 9.95. The second kappa shape index (κ2) is 5.60. The van der Waals surface area contributed by atoms with Crippen LogP contribution >= 0.6 is 0 Å². The molecule has 0 aromatic heterocycles. The van der Waals surface area contributed by atoms with Crippen LogP contribution in [0.1, 0.15) is 66.0 Å². The molecule has 7 rings (SSSR count). The summed E-state index contributed by atoms with van der Waals surface area (Å²) in [5.41, 5.74) is 10.4. The van der Waals surface area contributed by atoms with Gasteiger partial charge in [-0.05, 0) is 97.0 Å². The first-order valence-corrected chi connectivity index (χ1v) is 11.2. The average molecular weight is 373 g/mol. The lowest BCUT2D eigenvalue weighted by Crippen LogP contribution is -1.84. The van der Waals surface area contributed by atoms with Crippen molar-refractivity contribution in [2.75, 3.05) is 0 Å². The molecule has 3 aliphatic rings. The van der Waals surface area contributed by atoms with Gasteiger partial charge in [0.2, 0.25) is 0 Å². The molecular formula is C29H24. The molecule has 3 aliphatic carbocycles. The van der Waals surface area contributed by atoms with Gasteiger partial charge in [0.1, 0.15) is 0 Å². The van der Waals surface area contributed by atoms with E-state index < -0.39 is 0 Å². The van der Waals surface area contributed by atoms with Crippen LogP contribution in [-0.2, 0) is 12.8 Å². The minimum Gasteiger partial charge on any atom is -0.0845 e. The van der Waals surface area contributed by atoms with Crippen LogP contribution in [-0.4, -0.2) is 0 Å². The van der Waals surface area contributed by atoms with E-state index in [-0.39, 0.29) is 0 Å². The first kappa shape index (κ1) is 16.0. The number of benzene rings is 4. The molecule has 0 saturated carbocycles. The second-order valence-corrected chi connectivity index (χ2v) is 9.04. The molecule has 0 heteroatoms. The van der Waals surface area contributed by atoms with Crippen LogP contribution in [0.5, 0.6) is 0 Å². The van der Waals surface area contributed by atoms with E-state index in [1.54, 1.807) is 21.5 Å². The van der Waals surface area contributed by atoms with Gasteiger partial charge in [0.05, 0.1) is 0 Å². The van der Waals surface area contributed by atoms with E-state index in [1.165, 1.54) is 75.4 Å². The first-order valence-electron chi connectivity index (χ1n) is 11.2. The summed E-state index contributed by atoms with van der Waals surface area (Å²) in [6, 6.07) is 14.4. The molecule has 4 aromatic carbocycles. The van der Waals surface area contributed by atoms with Crippen molar-refractivity contribution in [2.45, 2.75) is 45.4 Å². The van der Waals surface area contributed by atoms with Gasteiger partial charge >= 0.3 is 0 Å². The third-order valence-corrected chi connectivity index (χ3v) is 7.43. The van der Waals surface area contributed by atoms with Gasteiger partial charge in [-0.3, -0.25) is 0 Å². The maximum Gasteiger partial charge on any atom is -0.00108 e. The molecule has 4 aromatic rings. The van der Waals surface area contributed by atoms with Crippen molar-refractivity contribution < 1.29 is 0 Å². The predicted octanol–water partition coefficient (Wildman–Crippen LogP) is 7.84. The highest BCUT2D eigenvalue weighted by Crippen LogP contribution is 2.55. The predicted molar refractivity (Wildman–Crippen MR) is 125 cm³/mol. The lowest BCUT2D eigenvalue weighted by molar-refractivity contribution is 0.729. The van der Waals surface area contributed by atoms with Crippen LogP contribution in [0.4, 0.5) is 0 Å². The van der Waals surface area contributed by atoms with Gasteiger partial charge in [-0.15, -0.1) is 0 Å². The topological polar surface area (TPSA) is 0 Å². The Morgan fingerprint density at radius 1 is 0.655 bits per heavy atom. The maximum absolute atomic E-state index is 2.39. The SMILES string of the molecule is CCCCCC=CC=C1c2ccc3c4c5c(ccc6c5c5c(ccc1c5c24)C6)C3. The Hall–Kier alpha value is -2.86. The van der Waals surface area contributed by atoms with Gasteiger partial charge in [0.15, 0.2) is 0 Å². The monoisotopic (exact) mass is 372 g/mol. The summed E-state index contributed by atoms with van der Waals surface area (Å²) in [5, 5.41) is 9.30. The summed E-state index contributed by atoms with van der Waals surface area (Å²) in [6.07, 6.45) is 14.3. The van der Waals surface area contributed by atoms with Crippen molar-refractivity contribution in [2.24, 2.45) is 0 Å². The van der Waals surface area contributed by atoms with Crippen LogP contribution in [0, 0.1) is 0 Å². The summed E-state index contributed by atoms with van der Waals surface area (Å²) >= 11 is 0. The zero-order chi connectivity index (χ0) is 19.1. The van der Waals surface area contributed by atoms with Crippen molar-refractivity contribution in [1.82, 2.24) is 0 Å². The normalized spacial score (nSPS) is 15.1. The van der Waals surface area contributed by atoms with Crippen molar-refractivity contribution in [3.63, 3.8) is 0 Å². The van der Waals surface area contributed by atoms with Crippen LogP contribution in [0.3, 0.4) is 0 Å². The number of rotatable bonds is 5. The van der Waals surface area contributed by atoms with E-state index in [4.69, 9.17) is 0 Å². The van der Waals surface area contributed by atoms with Crippen LogP contribution in [0.25, 0.3) is 37.9 Å². The average Bonchev–Trinajstić information content (AvgIpc) is 3.39. The number of hydrogen-bond donors (Lipinski definition) is 0. The number of hydrogen-bond acceptors (Lipinski definition) is 0. The van der Waals surface area contributed by atoms with Gasteiger partial charge in [-0.25, -0.2) is 0 Å². The molecule has 0 N–H and O–H groups in total. The maximum atomic E-state index is 2.39. The highest BCUT2D eigenvalue weighted by molar-refractivity contribution is 6.37. The van der Waals surface area contributed by atoms with E-state index in [9.17, 15) is 0 Å². The molecule has 0 radical (unpaired) electrons. The molecule has 0 heterocycles. The van der Waals surface area contributed by atoms with Gasteiger partial charge < -0.3 is 0 Å². The minimum atomic E-state index is 1.10. The molecule has 0 fully saturated rings. The zero-order valence-electron chi connectivity index (χ0n) is 16.9. The van der Waals surface area contributed by atoms with Crippen LogP contribution < -0.4 is 0 Å². The highest BCUT2D eigenvalue weighted by atomic mass is 14.3. The fourth-order valence-corrected chi connectivity index (χ4v) is 6.19. The standard InChI is InChI=1S/C29H24/c1-2-3-4-5-6-7-8-21-22-13-11-19-15-17-9-10-18-16-20-12-14-23(21)29-27(20)25(18)24(17)26(19)28(22)29/h6-14H,2-5,15-16H2,1H3. The zero-order valence-corrected chi connectivity index (χ0v) is 16.9. The van der Waals surface area contributed by atoms with Gasteiger partial charge in [0.25, 0.3) is 0 Å². The Bertz CT molecular complexity index is 1340. The fourth-order valence-electron chi connectivity index (χ4n) is 6.19. The van der Waals surface area contributed by atoms with Crippen molar-refractivity contribution in [1.29, 1.82) is 0 Å². The van der Waals surface area contributed by atoms with E-state index >= 15 is 0 Å². The smallest absolute Gasteiger partial charge is 0.00108 e. The molecule has 0 amide bonds. The van der Waals surface area contributed by atoms with E-state index in [0.717, 1.165) is 12.8 Å².